The van der Waals surface area contributed by atoms with E-state index >= 15 is 0 Å². The molecule has 2 heterocycles. The number of ketones is 1. The summed E-state index contributed by atoms with van der Waals surface area (Å²) in [5.41, 5.74) is -0.313. The van der Waals surface area contributed by atoms with Crippen molar-refractivity contribution in [1.29, 1.82) is 0 Å². The molecule has 0 atom stereocenters. The summed E-state index contributed by atoms with van der Waals surface area (Å²) in [6, 6.07) is 21.6. The second kappa shape index (κ2) is 10.3. The molecule has 1 N–H and O–H groups in total. The lowest BCUT2D eigenvalue weighted by atomic mass is 10.0. The van der Waals surface area contributed by atoms with Crippen molar-refractivity contribution in [1.82, 2.24) is 14.6 Å². The number of aromatic nitrogens is 3. The van der Waals surface area contributed by atoms with Crippen LogP contribution < -0.4 is 10.1 Å². The predicted molar refractivity (Wildman–Crippen MR) is 142 cm³/mol. The number of hydrogen-bond donors (Lipinski definition) is 1. The number of nitrogens with zero attached hydrogens (tertiary/aromatic N) is 3. The first kappa shape index (κ1) is 26.1. The fourth-order valence-electron chi connectivity index (χ4n) is 3.94. The molecule has 2 aromatic heterocycles. The average Bonchev–Trinajstić information content (AvgIpc) is 3.37. The zero-order valence-electron chi connectivity index (χ0n) is 20.2. The van der Waals surface area contributed by atoms with Gasteiger partial charge in [-0.25, -0.2) is 9.50 Å². The Morgan fingerprint density at radius 2 is 1.67 bits per heavy atom. The minimum atomic E-state index is -4.77. The van der Waals surface area contributed by atoms with Crippen molar-refractivity contribution in [2.45, 2.75) is 6.18 Å². The number of hydrogen-bond acceptors (Lipinski definition) is 5. The molecule has 0 saturated carbocycles. The molecule has 0 radical (unpaired) electrons. The summed E-state index contributed by atoms with van der Waals surface area (Å²) >= 11 is 3.33. The van der Waals surface area contributed by atoms with E-state index in [1.54, 1.807) is 66.7 Å². The number of carbonyl (C=O) groups excluding carboxylic acids is 2. The summed E-state index contributed by atoms with van der Waals surface area (Å²) in [5, 5.41) is 6.50. The lowest BCUT2D eigenvalue weighted by molar-refractivity contribution is -0.142. The summed E-state index contributed by atoms with van der Waals surface area (Å²) in [6.07, 6.45) is -4.77. The van der Waals surface area contributed by atoms with E-state index < -0.39 is 17.8 Å². The Balaban J connectivity index is 1.53. The molecule has 0 bridgehead atoms. The van der Waals surface area contributed by atoms with Crippen molar-refractivity contribution in [3.63, 3.8) is 0 Å². The molecule has 3 aromatic carbocycles. The number of methoxy groups -OCH3 is 1. The molecule has 0 saturated heterocycles. The highest BCUT2D eigenvalue weighted by Gasteiger charge is 2.35. The first-order valence-electron chi connectivity index (χ1n) is 11.5. The first-order valence-corrected chi connectivity index (χ1v) is 12.3. The van der Waals surface area contributed by atoms with E-state index in [2.05, 4.69) is 31.3 Å². The molecule has 0 fully saturated rings. The summed E-state index contributed by atoms with van der Waals surface area (Å²) < 4.78 is 48.2. The molecular formula is C28H18BrF3N4O3. The molecular weight excluding hydrogens is 577 g/mol. The van der Waals surface area contributed by atoms with Crippen molar-refractivity contribution >= 4 is 39.0 Å². The van der Waals surface area contributed by atoms with Gasteiger partial charge in [-0.3, -0.25) is 9.59 Å². The monoisotopic (exact) mass is 594 g/mol. The van der Waals surface area contributed by atoms with Crippen LogP contribution in [0.25, 0.3) is 16.9 Å². The Labute approximate surface area is 228 Å². The number of amides is 1. The van der Waals surface area contributed by atoms with E-state index in [4.69, 9.17) is 4.74 Å². The van der Waals surface area contributed by atoms with Crippen LogP contribution in [-0.4, -0.2) is 33.4 Å². The molecule has 5 rings (SSSR count). The number of ether oxygens (including phenoxy) is 1. The fraction of sp³-hybridized carbons (Fsp3) is 0.0714. The topological polar surface area (TPSA) is 85.6 Å². The Morgan fingerprint density at radius 1 is 0.949 bits per heavy atom. The third kappa shape index (κ3) is 5.39. The standard InChI is InChI=1S/C28H18BrF3N4O3/c1-39-19-10-7-16(8-11-19)22-14-24(28(30,31)32)36-25(33-22)15-23(35-36)27(38)34-21-12-9-18(29)13-20(21)26(37)17-5-3-2-4-6-17/h2-15H,1H3,(H,34,38). The molecule has 196 valence electrons. The minimum Gasteiger partial charge on any atom is -0.497 e. The molecule has 0 aliphatic carbocycles. The molecule has 7 nitrogen and oxygen atoms in total. The molecule has 1 amide bonds. The first-order chi connectivity index (χ1) is 18.6. The largest absolute Gasteiger partial charge is 0.497 e. The summed E-state index contributed by atoms with van der Waals surface area (Å²) in [7, 11) is 1.48. The van der Waals surface area contributed by atoms with Crippen LogP contribution in [-0.2, 0) is 6.18 Å². The Hall–Kier alpha value is -4.51. The van der Waals surface area contributed by atoms with Gasteiger partial charge in [0, 0.05) is 27.2 Å². The molecule has 0 aliphatic heterocycles. The summed E-state index contributed by atoms with van der Waals surface area (Å²) in [5.74, 6) is -0.603. The van der Waals surface area contributed by atoms with Gasteiger partial charge in [0.05, 0.1) is 18.5 Å². The number of alkyl halides is 3. The van der Waals surface area contributed by atoms with Crippen molar-refractivity contribution in [3.05, 3.63) is 112 Å². The molecule has 39 heavy (non-hydrogen) atoms. The number of nitrogens with one attached hydrogen (secondary N) is 1. The minimum absolute atomic E-state index is 0.0491. The van der Waals surface area contributed by atoms with Gasteiger partial charge >= 0.3 is 6.18 Å². The SMILES string of the molecule is COc1ccc(-c2cc(C(F)(F)F)n3nc(C(=O)Nc4ccc(Br)cc4C(=O)c4ccccc4)cc3n2)cc1. The van der Waals surface area contributed by atoms with Gasteiger partial charge in [0.2, 0.25) is 0 Å². The number of carbonyl (C=O) groups is 2. The van der Waals surface area contributed by atoms with Gasteiger partial charge in [0.25, 0.3) is 5.91 Å². The Bertz CT molecular complexity index is 1700. The Morgan fingerprint density at radius 3 is 2.33 bits per heavy atom. The third-order valence-corrected chi connectivity index (χ3v) is 6.34. The van der Waals surface area contributed by atoms with E-state index in [1.165, 1.54) is 13.2 Å². The molecule has 0 aliphatic rings. The lowest BCUT2D eigenvalue weighted by Crippen LogP contribution is -2.17. The van der Waals surface area contributed by atoms with Gasteiger partial charge in [-0.05, 0) is 48.5 Å². The van der Waals surface area contributed by atoms with Gasteiger partial charge in [0.1, 0.15) is 5.75 Å². The van der Waals surface area contributed by atoms with Crippen LogP contribution in [0.1, 0.15) is 32.1 Å². The summed E-state index contributed by atoms with van der Waals surface area (Å²) in [4.78, 5) is 30.5. The maximum absolute atomic E-state index is 14.0. The van der Waals surface area contributed by atoms with E-state index in [0.29, 0.717) is 25.9 Å². The van der Waals surface area contributed by atoms with Gasteiger partial charge in [-0.1, -0.05) is 46.3 Å². The van der Waals surface area contributed by atoms with Gasteiger partial charge in [0.15, 0.2) is 22.8 Å². The van der Waals surface area contributed by atoms with Crippen molar-refractivity contribution in [3.8, 4) is 17.0 Å². The van der Waals surface area contributed by atoms with Crippen LogP contribution in [0, 0.1) is 0 Å². The van der Waals surface area contributed by atoms with Crippen LogP contribution in [0.3, 0.4) is 0 Å². The lowest BCUT2D eigenvalue weighted by Gasteiger charge is -2.11. The van der Waals surface area contributed by atoms with E-state index in [9.17, 15) is 22.8 Å². The average molecular weight is 595 g/mol. The van der Waals surface area contributed by atoms with E-state index in [1.807, 2.05) is 0 Å². The normalized spacial score (nSPS) is 11.4. The zero-order chi connectivity index (χ0) is 27.7. The molecule has 5 aromatic rings. The van der Waals surface area contributed by atoms with Crippen LogP contribution in [0.4, 0.5) is 18.9 Å². The number of rotatable bonds is 6. The quantitative estimate of drug-likeness (QED) is 0.222. The molecule has 0 spiro atoms. The predicted octanol–water partition coefficient (Wildman–Crippen LogP) is 6.67. The van der Waals surface area contributed by atoms with Crippen LogP contribution in [0.5, 0.6) is 5.75 Å². The van der Waals surface area contributed by atoms with Crippen molar-refractivity contribution in [2.75, 3.05) is 12.4 Å². The van der Waals surface area contributed by atoms with Crippen molar-refractivity contribution < 1.29 is 27.5 Å². The highest BCUT2D eigenvalue weighted by molar-refractivity contribution is 9.10. The fourth-order valence-corrected chi connectivity index (χ4v) is 4.30. The van der Waals surface area contributed by atoms with E-state index in [-0.39, 0.29) is 34.1 Å². The number of benzene rings is 3. The van der Waals surface area contributed by atoms with Gasteiger partial charge in [-0.2, -0.15) is 18.3 Å². The number of anilines is 1. The Kier molecular flexibility index (Phi) is 6.92. The van der Waals surface area contributed by atoms with Gasteiger partial charge < -0.3 is 10.1 Å². The second-order valence-electron chi connectivity index (χ2n) is 8.39. The third-order valence-electron chi connectivity index (χ3n) is 5.85. The van der Waals surface area contributed by atoms with E-state index in [0.717, 1.165) is 12.1 Å². The maximum Gasteiger partial charge on any atom is 0.433 e. The highest BCUT2D eigenvalue weighted by Crippen LogP contribution is 2.33. The molecule has 0 unspecified atom stereocenters. The van der Waals surface area contributed by atoms with Crippen molar-refractivity contribution in [2.24, 2.45) is 0 Å². The smallest absolute Gasteiger partial charge is 0.433 e. The highest BCUT2D eigenvalue weighted by atomic mass is 79.9. The molecule has 11 heteroatoms. The summed E-state index contributed by atoms with van der Waals surface area (Å²) in [6.45, 7) is 0. The zero-order valence-corrected chi connectivity index (χ0v) is 21.7. The van der Waals surface area contributed by atoms with Crippen LogP contribution in [0.15, 0.2) is 89.4 Å². The maximum atomic E-state index is 14.0. The van der Waals surface area contributed by atoms with Crippen LogP contribution >= 0.6 is 15.9 Å². The number of halogens is 4. The van der Waals surface area contributed by atoms with Gasteiger partial charge in [-0.15, -0.1) is 0 Å². The van der Waals surface area contributed by atoms with Crippen LogP contribution in [0.2, 0.25) is 0 Å². The number of fused-ring (bicyclic) bond motifs is 1. The second-order valence-corrected chi connectivity index (χ2v) is 9.31.